The summed E-state index contributed by atoms with van der Waals surface area (Å²) in [4.78, 5) is 28.3. The fourth-order valence-electron chi connectivity index (χ4n) is 5.69. The molecule has 204 valence electrons. The van der Waals surface area contributed by atoms with E-state index in [1.54, 1.807) is 12.1 Å². The van der Waals surface area contributed by atoms with Crippen LogP contribution in [0.1, 0.15) is 58.8 Å². The number of fused-ring (bicyclic) bond motifs is 3. The van der Waals surface area contributed by atoms with E-state index in [1.807, 2.05) is 60.7 Å². The zero-order chi connectivity index (χ0) is 27.6. The summed E-state index contributed by atoms with van der Waals surface area (Å²) in [5.41, 5.74) is 4.87. The number of halogens is 3. The number of hydrogen-bond acceptors (Lipinski definition) is 3. The molecule has 5 rings (SSSR count). The number of amides is 2. The molecule has 3 aromatic rings. The summed E-state index contributed by atoms with van der Waals surface area (Å²) in [5.74, 6) is -1.45. The van der Waals surface area contributed by atoms with Crippen LogP contribution in [0, 0.1) is 5.92 Å². The van der Waals surface area contributed by atoms with Crippen LogP contribution in [0.2, 0.25) is 0 Å². The largest absolute Gasteiger partial charge is 0.405 e. The van der Waals surface area contributed by atoms with Crippen LogP contribution in [-0.2, 0) is 4.79 Å². The molecule has 3 aromatic carbocycles. The topological polar surface area (TPSA) is 61.4 Å². The maximum absolute atomic E-state index is 13.3. The minimum Gasteiger partial charge on any atom is -0.352 e. The Bertz CT molecular complexity index is 1340. The van der Waals surface area contributed by atoms with Gasteiger partial charge in [0.15, 0.2) is 0 Å². The van der Waals surface area contributed by atoms with Crippen LogP contribution in [0.5, 0.6) is 0 Å². The van der Waals surface area contributed by atoms with Gasteiger partial charge in [0, 0.05) is 18.2 Å². The second-order valence-corrected chi connectivity index (χ2v) is 10.5. The molecule has 1 aliphatic heterocycles. The number of carbonyl (C=O) groups is 2. The van der Waals surface area contributed by atoms with E-state index in [1.165, 1.54) is 0 Å². The third-order valence-electron chi connectivity index (χ3n) is 7.68. The van der Waals surface area contributed by atoms with E-state index < -0.39 is 24.5 Å². The van der Waals surface area contributed by atoms with Gasteiger partial charge in [0.2, 0.25) is 5.91 Å². The number of likely N-dealkylation sites (tertiary alicyclic amines) is 1. The van der Waals surface area contributed by atoms with Gasteiger partial charge in [-0.15, -0.1) is 0 Å². The second kappa shape index (κ2) is 11.2. The van der Waals surface area contributed by atoms with E-state index in [0.717, 1.165) is 53.7 Å². The summed E-state index contributed by atoms with van der Waals surface area (Å²) < 4.78 is 39.0. The van der Waals surface area contributed by atoms with Crippen molar-refractivity contribution < 1.29 is 22.8 Å². The Balaban J connectivity index is 1.42. The summed E-state index contributed by atoms with van der Waals surface area (Å²) in [7, 11) is 0. The molecule has 2 N–H and O–H groups in total. The molecule has 0 spiro atoms. The van der Waals surface area contributed by atoms with Crippen molar-refractivity contribution in [3.63, 3.8) is 0 Å². The quantitative estimate of drug-likeness (QED) is 0.371. The van der Waals surface area contributed by atoms with E-state index in [4.69, 9.17) is 0 Å². The Labute approximate surface area is 226 Å². The number of nitrogens with one attached hydrogen (secondary N) is 2. The fraction of sp³-hybridized carbons (Fsp3) is 0.355. The predicted octanol–water partition coefficient (Wildman–Crippen LogP) is 5.68. The highest BCUT2D eigenvalue weighted by atomic mass is 19.4. The first kappa shape index (κ1) is 26.9. The third kappa shape index (κ3) is 5.86. The molecule has 0 radical (unpaired) electrons. The van der Waals surface area contributed by atoms with Crippen molar-refractivity contribution in [1.82, 2.24) is 15.5 Å². The highest BCUT2D eigenvalue weighted by Gasteiger charge is 2.40. The summed E-state index contributed by atoms with van der Waals surface area (Å²) in [6.45, 7) is 3.03. The summed E-state index contributed by atoms with van der Waals surface area (Å²) in [6.07, 6.45) is -2.69. The molecule has 39 heavy (non-hydrogen) atoms. The van der Waals surface area contributed by atoms with Gasteiger partial charge in [-0.25, -0.2) is 0 Å². The molecule has 3 unspecified atom stereocenters. The zero-order valence-corrected chi connectivity index (χ0v) is 21.8. The molecule has 1 fully saturated rings. The van der Waals surface area contributed by atoms with Crippen molar-refractivity contribution in [3.8, 4) is 11.1 Å². The standard InChI is InChI=1S/C31H32F3N3O2/c1-20(18-35-29(38)21-9-3-2-4-10-21)17-26(37-15-8-16-37)25-14-7-13-23-22-11-5-6-12-24(22)28(27(23)25)30(39)36-19-31(32,33)34/h2-7,9-14,20,26,28H,8,15-19H2,1H3,(H,35,38)(H,36,39). The van der Waals surface area contributed by atoms with Crippen LogP contribution in [0.4, 0.5) is 13.2 Å². The van der Waals surface area contributed by atoms with Crippen molar-refractivity contribution in [2.75, 3.05) is 26.2 Å². The molecule has 1 aliphatic carbocycles. The molecule has 5 nitrogen and oxygen atoms in total. The van der Waals surface area contributed by atoms with Crippen molar-refractivity contribution in [2.45, 2.75) is 37.9 Å². The Morgan fingerprint density at radius 1 is 0.923 bits per heavy atom. The SMILES string of the molecule is CC(CNC(=O)c1ccccc1)CC(c1cccc2c1C(C(=O)NCC(F)(F)F)c1ccccc1-2)N1CCC1. The lowest BCUT2D eigenvalue weighted by atomic mass is 9.84. The van der Waals surface area contributed by atoms with Crippen molar-refractivity contribution in [1.29, 1.82) is 0 Å². The van der Waals surface area contributed by atoms with Crippen molar-refractivity contribution >= 4 is 11.8 Å². The molecule has 1 heterocycles. The van der Waals surface area contributed by atoms with Gasteiger partial charge in [0.05, 0.1) is 5.92 Å². The predicted molar refractivity (Wildman–Crippen MR) is 144 cm³/mol. The maximum Gasteiger partial charge on any atom is 0.405 e. The number of nitrogens with zero attached hydrogens (tertiary/aromatic N) is 1. The molecular weight excluding hydrogens is 503 g/mol. The zero-order valence-electron chi connectivity index (χ0n) is 21.8. The minimum absolute atomic E-state index is 0.0236. The lowest BCUT2D eigenvalue weighted by molar-refractivity contribution is -0.138. The maximum atomic E-state index is 13.3. The van der Waals surface area contributed by atoms with E-state index in [-0.39, 0.29) is 17.9 Å². The molecule has 2 amide bonds. The highest BCUT2D eigenvalue weighted by Crippen LogP contribution is 2.49. The number of benzene rings is 3. The molecule has 0 aromatic heterocycles. The number of alkyl halides is 3. The Morgan fingerprint density at radius 3 is 2.31 bits per heavy atom. The van der Waals surface area contributed by atoms with Crippen molar-refractivity contribution in [3.05, 3.63) is 95.1 Å². The lowest BCUT2D eigenvalue weighted by Gasteiger charge is -2.41. The van der Waals surface area contributed by atoms with E-state index >= 15 is 0 Å². The van der Waals surface area contributed by atoms with Crippen LogP contribution in [-0.4, -0.2) is 49.1 Å². The first-order valence-electron chi connectivity index (χ1n) is 13.4. The van der Waals surface area contributed by atoms with Crippen LogP contribution >= 0.6 is 0 Å². The molecule has 0 bridgehead atoms. The summed E-state index contributed by atoms with van der Waals surface area (Å²) in [5, 5.41) is 5.16. The van der Waals surface area contributed by atoms with E-state index in [9.17, 15) is 22.8 Å². The van der Waals surface area contributed by atoms with E-state index in [0.29, 0.717) is 12.1 Å². The summed E-state index contributed by atoms with van der Waals surface area (Å²) in [6, 6.07) is 22.4. The van der Waals surface area contributed by atoms with Gasteiger partial charge in [0.1, 0.15) is 6.54 Å². The molecular formula is C31H32F3N3O2. The Hall–Kier alpha value is -3.65. The molecule has 3 atom stereocenters. The van der Waals surface area contributed by atoms with Crippen LogP contribution in [0.25, 0.3) is 11.1 Å². The molecule has 0 saturated carbocycles. The lowest BCUT2D eigenvalue weighted by Crippen LogP contribution is -2.42. The van der Waals surface area contributed by atoms with Crippen LogP contribution in [0.15, 0.2) is 72.8 Å². The number of hydrogen-bond donors (Lipinski definition) is 2. The van der Waals surface area contributed by atoms with Gasteiger partial charge < -0.3 is 10.6 Å². The molecule has 2 aliphatic rings. The van der Waals surface area contributed by atoms with Gasteiger partial charge >= 0.3 is 6.18 Å². The van der Waals surface area contributed by atoms with Gasteiger partial charge in [-0.2, -0.15) is 13.2 Å². The van der Waals surface area contributed by atoms with Crippen LogP contribution < -0.4 is 10.6 Å². The third-order valence-corrected chi connectivity index (χ3v) is 7.68. The average Bonchev–Trinajstić information content (AvgIpc) is 3.24. The van der Waals surface area contributed by atoms with Crippen molar-refractivity contribution in [2.24, 2.45) is 5.92 Å². The fourth-order valence-corrected chi connectivity index (χ4v) is 5.69. The summed E-state index contributed by atoms with van der Waals surface area (Å²) >= 11 is 0. The van der Waals surface area contributed by atoms with Gasteiger partial charge in [-0.3, -0.25) is 14.5 Å². The minimum atomic E-state index is -4.49. The first-order chi connectivity index (χ1) is 18.7. The average molecular weight is 536 g/mol. The molecule has 1 saturated heterocycles. The van der Waals surface area contributed by atoms with Gasteiger partial charge in [-0.05, 0) is 71.8 Å². The normalized spacial score (nSPS) is 17.9. The monoisotopic (exact) mass is 535 g/mol. The number of carbonyl (C=O) groups excluding carboxylic acids is 2. The molecule has 8 heteroatoms. The van der Waals surface area contributed by atoms with Crippen LogP contribution in [0.3, 0.4) is 0 Å². The van der Waals surface area contributed by atoms with Gasteiger partial charge in [0.25, 0.3) is 5.91 Å². The van der Waals surface area contributed by atoms with E-state index in [2.05, 4.69) is 22.5 Å². The Kier molecular flexibility index (Phi) is 7.75. The smallest absolute Gasteiger partial charge is 0.352 e. The second-order valence-electron chi connectivity index (χ2n) is 10.5. The number of rotatable bonds is 9. The highest BCUT2D eigenvalue weighted by molar-refractivity contribution is 5.97. The Morgan fingerprint density at radius 2 is 1.62 bits per heavy atom. The van der Waals surface area contributed by atoms with Gasteiger partial charge in [-0.1, -0.05) is 67.6 Å². The first-order valence-corrected chi connectivity index (χ1v) is 13.4.